The van der Waals surface area contributed by atoms with Crippen LogP contribution in [0.4, 0.5) is 26.3 Å². The van der Waals surface area contributed by atoms with Crippen LogP contribution in [0.3, 0.4) is 0 Å². The van der Waals surface area contributed by atoms with E-state index in [2.05, 4.69) is 4.74 Å². The third kappa shape index (κ3) is 6.89. The normalized spacial score (nSPS) is 12.9. The van der Waals surface area contributed by atoms with Crippen LogP contribution >= 0.6 is 67.8 Å². The van der Waals surface area contributed by atoms with Crippen LogP contribution in [0.15, 0.2) is 48.5 Å². The largest absolute Gasteiger partial charge is 0.438 e. The number of hydrogen-bond acceptors (Lipinski definition) is 6. The standard InChI is InChI=1S/C22H11F6I3O7S/c23-21(24,25)20(22(26,27)28,9-39(34,35)36)38-19(33)13-6-2-4-10-3-1-5-12(16(10)13)18(32)37-17-14(30)7-11(29)8-15(17)31/h1-8H,9H2,(H,34,35,36). The van der Waals surface area contributed by atoms with Crippen molar-refractivity contribution in [3.63, 3.8) is 0 Å². The van der Waals surface area contributed by atoms with E-state index in [1.165, 1.54) is 18.2 Å². The van der Waals surface area contributed by atoms with Crippen molar-refractivity contribution in [1.29, 1.82) is 0 Å². The monoisotopic (exact) mass is 914 g/mol. The first kappa shape index (κ1) is 32.1. The Bertz CT molecular complexity index is 1530. The first-order valence-electron chi connectivity index (χ1n) is 9.98. The number of rotatable bonds is 6. The molecule has 0 radical (unpaired) electrons. The highest BCUT2D eigenvalue weighted by Gasteiger charge is 2.76. The molecule has 0 aliphatic rings. The fourth-order valence-corrected chi connectivity index (χ4v) is 8.10. The average Bonchev–Trinajstić information content (AvgIpc) is 2.77. The lowest BCUT2D eigenvalue weighted by atomic mass is 9.98. The van der Waals surface area contributed by atoms with Gasteiger partial charge in [0.25, 0.3) is 10.1 Å². The van der Waals surface area contributed by atoms with Gasteiger partial charge in [0.15, 0.2) is 5.75 Å². The molecule has 17 heteroatoms. The fourth-order valence-electron chi connectivity index (χ4n) is 3.39. The molecule has 3 rings (SSSR count). The highest BCUT2D eigenvalue weighted by Crippen LogP contribution is 2.47. The first-order chi connectivity index (χ1) is 17.8. The highest BCUT2D eigenvalue weighted by atomic mass is 127. The lowest BCUT2D eigenvalue weighted by Crippen LogP contribution is -2.63. The zero-order chi connectivity index (χ0) is 29.6. The van der Waals surface area contributed by atoms with Gasteiger partial charge >= 0.3 is 29.9 Å². The molecule has 0 saturated carbocycles. The van der Waals surface area contributed by atoms with E-state index in [-0.39, 0.29) is 11.1 Å². The molecule has 7 nitrogen and oxygen atoms in total. The molecule has 0 aliphatic carbocycles. The minimum atomic E-state index is -6.51. The van der Waals surface area contributed by atoms with Gasteiger partial charge in [0.2, 0.25) is 0 Å². The Morgan fingerprint density at radius 1 is 0.821 bits per heavy atom. The molecule has 0 heterocycles. The van der Waals surface area contributed by atoms with E-state index in [1.807, 2.05) is 67.8 Å². The Labute approximate surface area is 256 Å². The molecule has 0 unspecified atom stereocenters. The van der Waals surface area contributed by atoms with Crippen molar-refractivity contribution in [2.45, 2.75) is 18.0 Å². The van der Waals surface area contributed by atoms with Crippen LogP contribution < -0.4 is 4.74 Å². The summed E-state index contributed by atoms with van der Waals surface area (Å²) in [6.07, 6.45) is -13.0. The van der Waals surface area contributed by atoms with Gasteiger partial charge in [-0.3, -0.25) is 4.55 Å². The SMILES string of the molecule is O=C(Oc1c(I)cc(I)cc1I)c1cccc2cccc(C(=O)OC(CS(=O)(=O)O)(C(F)(F)F)C(F)(F)F)c12. The summed E-state index contributed by atoms with van der Waals surface area (Å²) >= 11 is 5.82. The zero-order valence-corrected chi connectivity index (χ0v) is 25.8. The number of benzene rings is 3. The van der Waals surface area contributed by atoms with Crippen LogP contribution in [0.2, 0.25) is 0 Å². The topological polar surface area (TPSA) is 107 Å². The molecular weight excluding hydrogens is 903 g/mol. The number of fused-ring (bicyclic) bond motifs is 1. The Balaban J connectivity index is 2.17. The second-order valence-corrected chi connectivity index (χ2v) is 12.8. The average molecular weight is 914 g/mol. The summed E-state index contributed by atoms with van der Waals surface area (Å²) in [6.45, 7) is 0. The van der Waals surface area contributed by atoms with Gasteiger partial charge in [-0.15, -0.1) is 0 Å². The van der Waals surface area contributed by atoms with Crippen molar-refractivity contribution in [3.8, 4) is 5.75 Å². The van der Waals surface area contributed by atoms with Crippen LogP contribution in [-0.4, -0.2) is 48.6 Å². The fraction of sp³-hybridized carbons (Fsp3) is 0.182. The van der Waals surface area contributed by atoms with Gasteiger partial charge in [0.05, 0.1) is 18.3 Å². The number of alkyl halides is 6. The molecule has 0 saturated heterocycles. The zero-order valence-electron chi connectivity index (χ0n) is 18.5. The van der Waals surface area contributed by atoms with Crippen LogP contribution in [0.25, 0.3) is 10.8 Å². The maximum Gasteiger partial charge on any atom is 0.438 e. The van der Waals surface area contributed by atoms with Crippen LogP contribution in [0.5, 0.6) is 5.75 Å². The maximum absolute atomic E-state index is 13.7. The molecule has 3 aromatic carbocycles. The highest BCUT2D eigenvalue weighted by molar-refractivity contribution is 14.1. The van der Waals surface area contributed by atoms with E-state index >= 15 is 0 Å². The van der Waals surface area contributed by atoms with E-state index in [4.69, 9.17) is 9.29 Å². The Kier molecular flexibility index (Phi) is 9.40. The molecule has 210 valence electrons. The summed E-state index contributed by atoms with van der Waals surface area (Å²) in [5.41, 5.74) is -6.93. The van der Waals surface area contributed by atoms with Crippen molar-refractivity contribution in [2.75, 3.05) is 5.75 Å². The van der Waals surface area contributed by atoms with Gasteiger partial charge in [0.1, 0.15) is 5.75 Å². The summed E-state index contributed by atoms with van der Waals surface area (Å²) in [5, 5.41) is -0.360. The van der Waals surface area contributed by atoms with E-state index in [0.717, 1.165) is 21.8 Å². The molecule has 0 spiro atoms. The summed E-state index contributed by atoms with van der Waals surface area (Å²) in [5.74, 6) is -6.26. The molecule has 0 bridgehead atoms. The maximum atomic E-state index is 13.7. The summed E-state index contributed by atoms with van der Waals surface area (Å²) in [7, 11) is -5.98. The van der Waals surface area contributed by atoms with E-state index in [0.29, 0.717) is 7.14 Å². The Morgan fingerprint density at radius 2 is 1.28 bits per heavy atom. The number of carbonyl (C=O) groups excluding carboxylic acids is 2. The van der Waals surface area contributed by atoms with Crippen molar-refractivity contribution < 1.29 is 58.4 Å². The molecule has 0 atom stereocenters. The van der Waals surface area contributed by atoms with E-state index < -0.39 is 62.3 Å². The Morgan fingerprint density at radius 3 is 1.72 bits per heavy atom. The summed E-state index contributed by atoms with van der Waals surface area (Å²) in [6, 6.07) is 10.4. The van der Waals surface area contributed by atoms with Gasteiger partial charge in [-0.1, -0.05) is 24.3 Å². The Hall–Kier alpha value is -1.46. The molecule has 0 fully saturated rings. The molecule has 0 aromatic heterocycles. The smallest absolute Gasteiger partial charge is 0.435 e. The molecular formula is C22H11F6I3O7S. The van der Waals surface area contributed by atoms with Crippen LogP contribution in [-0.2, 0) is 14.9 Å². The second kappa shape index (κ2) is 11.4. The summed E-state index contributed by atoms with van der Waals surface area (Å²) in [4.78, 5) is 26.0. The van der Waals surface area contributed by atoms with E-state index in [9.17, 15) is 44.3 Å². The number of halogens is 9. The summed E-state index contributed by atoms with van der Waals surface area (Å²) < 4.78 is 125. The molecule has 3 aromatic rings. The van der Waals surface area contributed by atoms with Crippen molar-refractivity contribution in [2.24, 2.45) is 0 Å². The van der Waals surface area contributed by atoms with Gasteiger partial charge in [0, 0.05) is 8.96 Å². The van der Waals surface area contributed by atoms with Gasteiger partial charge in [-0.25, -0.2) is 9.59 Å². The molecule has 0 amide bonds. The number of ether oxygens (including phenoxy) is 2. The molecule has 1 N–H and O–H groups in total. The number of carbonyl (C=O) groups is 2. The number of esters is 2. The van der Waals surface area contributed by atoms with Crippen molar-refractivity contribution in [3.05, 3.63) is 70.4 Å². The van der Waals surface area contributed by atoms with Crippen molar-refractivity contribution in [1.82, 2.24) is 0 Å². The quantitative estimate of drug-likeness (QED) is 0.0957. The third-order valence-corrected chi connectivity index (χ3v) is 8.07. The number of hydrogen-bond donors (Lipinski definition) is 1. The second-order valence-electron chi connectivity index (χ2n) is 7.74. The minimum absolute atomic E-state index is 0.0466. The van der Waals surface area contributed by atoms with Gasteiger partial charge < -0.3 is 9.47 Å². The van der Waals surface area contributed by atoms with Gasteiger partial charge in [-0.05, 0) is 97.4 Å². The van der Waals surface area contributed by atoms with Gasteiger partial charge in [-0.2, -0.15) is 34.8 Å². The van der Waals surface area contributed by atoms with Crippen molar-refractivity contribution >= 4 is 101 Å². The lowest BCUT2D eigenvalue weighted by molar-refractivity contribution is -0.356. The van der Waals surface area contributed by atoms with Crippen LogP contribution in [0.1, 0.15) is 20.7 Å². The predicted octanol–water partition coefficient (Wildman–Crippen LogP) is 6.78. The first-order valence-corrected chi connectivity index (χ1v) is 14.8. The lowest BCUT2D eigenvalue weighted by Gasteiger charge is -2.35. The minimum Gasteiger partial charge on any atom is -0.435 e. The van der Waals surface area contributed by atoms with Crippen LogP contribution in [0, 0.1) is 10.7 Å². The molecule has 39 heavy (non-hydrogen) atoms. The molecule has 0 aliphatic heterocycles. The predicted molar refractivity (Wildman–Crippen MR) is 150 cm³/mol. The third-order valence-electron chi connectivity index (χ3n) is 5.07. The van der Waals surface area contributed by atoms with E-state index in [1.54, 1.807) is 12.1 Å².